The fourth-order valence-corrected chi connectivity index (χ4v) is 4.40. The van der Waals surface area contributed by atoms with Crippen LogP contribution < -0.4 is 5.32 Å². The van der Waals surface area contributed by atoms with Gasteiger partial charge in [0.2, 0.25) is 10.0 Å². The number of nitrogens with one attached hydrogen (secondary N) is 1. The zero-order valence-corrected chi connectivity index (χ0v) is 15.3. The Labute approximate surface area is 152 Å². The molecular formula is C18H19ClN2O3S. The molecule has 0 spiro atoms. The summed E-state index contributed by atoms with van der Waals surface area (Å²) in [5.41, 5.74) is 1.39. The number of halogens is 1. The van der Waals surface area contributed by atoms with E-state index in [9.17, 15) is 13.2 Å². The van der Waals surface area contributed by atoms with E-state index in [0.29, 0.717) is 10.6 Å². The Morgan fingerprint density at radius 1 is 1.12 bits per heavy atom. The fourth-order valence-electron chi connectivity index (χ4n) is 2.60. The third-order valence-corrected chi connectivity index (χ3v) is 6.32. The van der Waals surface area contributed by atoms with Crippen molar-refractivity contribution in [2.24, 2.45) is 0 Å². The predicted molar refractivity (Wildman–Crippen MR) is 97.0 cm³/mol. The van der Waals surface area contributed by atoms with Gasteiger partial charge in [0, 0.05) is 30.2 Å². The highest BCUT2D eigenvalue weighted by atomic mass is 35.5. The molecule has 1 aliphatic rings. The lowest BCUT2D eigenvalue weighted by Gasteiger charge is -2.22. The van der Waals surface area contributed by atoms with Crippen molar-refractivity contribution >= 4 is 27.5 Å². The number of rotatable bonds is 6. The highest BCUT2D eigenvalue weighted by Crippen LogP contribution is 2.33. The van der Waals surface area contributed by atoms with Crippen molar-refractivity contribution in [3.63, 3.8) is 0 Å². The standard InChI is InChI=1S/C18H19ClN2O3S/c1-20-18(22)14-4-2-13(3-5-14)12-21(16-8-9-16)25(23,24)17-10-6-15(19)7-11-17/h2-7,10-11,16H,8-9,12H2,1H3,(H,20,22). The van der Waals surface area contributed by atoms with Crippen LogP contribution in [0.3, 0.4) is 0 Å². The van der Waals surface area contributed by atoms with Gasteiger partial charge in [-0.25, -0.2) is 8.42 Å². The number of benzene rings is 2. The molecule has 132 valence electrons. The van der Waals surface area contributed by atoms with Gasteiger partial charge in [0.15, 0.2) is 0 Å². The number of carbonyl (C=O) groups excluding carboxylic acids is 1. The molecular weight excluding hydrogens is 360 g/mol. The van der Waals surface area contributed by atoms with Crippen LogP contribution in [0.1, 0.15) is 28.8 Å². The van der Waals surface area contributed by atoms with Crippen LogP contribution in [0.15, 0.2) is 53.4 Å². The van der Waals surface area contributed by atoms with E-state index in [0.717, 1.165) is 18.4 Å². The van der Waals surface area contributed by atoms with E-state index >= 15 is 0 Å². The van der Waals surface area contributed by atoms with Crippen molar-refractivity contribution in [3.8, 4) is 0 Å². The molecule has 2 aromatic rings. The monoisotopic (exact) mass is 378 g/mol. The van der Waals surface area contributed by atoms with Gasteiger partial charge < -0.3 is 5.32 Å². The molecule has 0 bridgehead atoms. The van der Waals surface area contributed by atoms with E-state index in [4.69, 9.17) is 11.6 Å². The van der Waals surface area contributed by atoms with Crippen LogP contribution in [0, 0.1) is 0 Å². The number of nitrogens with zero attached hydrogens (tertiary/aromatic N) is 1. The maximum absolute atomic E-state index is 13.0. The maximum Gasteiger partial charge on any atom is 0.251 e. The Hall–Kier alpha value is -1.89. The van der Waals surface area contributed by atoms with Gasteiger partial charge in [0.25, 0.3) is 5.91 Å². The molecule has 0 aromatic heterocycles. The van der Waals surface area contributed by atoms with E-state index in [1.54, 1.807) is 43.4 Å². The summed E-state index contributed by atoms with van der Waals surface area (Å²) >= 11 is 5.86. The number of hydrogen-bond acceptors (Lipinski definition) is 3. The molecule has 25 heavy (non-hydrogen) atoms. The average molecular weight is 379 g/mol. The van der Waals surface area contributed by atoms with Crippen molar-refractivity contribution in [3.05, 3.63) is 64.7 Å². The molecule has 1 saturated carbocycles. The van der Waals surface area contributed by atoms with Crippen molar-refractivity contribution in [1.82, 2.24) is 9.62 Å². The Morgan fingerprint density at radius 3 is 2.24 bits per heavy atom. The first-order valence-electron chi connectivity index (χ1n) is 8.00. The summed E-state index contributed by atoms with van der Waals surface area (Å²) in [6.45, 7) is 0.281. The molecule has 1 N–H and O–H groups in total. The first-order valence-corrected chi connectivity index (χ1v) is 9.82. The van der Waals surface area contributed by atoms with Crippen molar-refractivity contribution in [2.45, 2.75) is 30.3 Å². The lowest BCUT2D eigenvalue weighted by molar-refractivity contribution is 0.0963. The molecule has 0 radical (unpaired) electrons. The van der Waals surface area contributed by atoms with E-state index < -0.39 is 10.0 Å². The van der Waals surface area contributed by atoms with Crippen molar-refractivity contribution in [1.29, 1.82) is 0 Å². The molecule has 1 amide bonds. The highest BCUT2D eigenvalue weighted by Gasteiger charge is 2.38. The van der Waals surface area contributed by atoms with E-state index in [2.05, 4.69) is 5.32 Å². The largest absolute Gasteiger partial charge is 0.355 e. The normalized spacial score (nSPS) is 14.5. The van der Waals surface area contributed by atoms with Crippen LogP contribution in [0.25, 0.3) is 0 Å². The number of sulfonamides is 1. The minimum absolute atomic E-state index is 0.0271. The number of hydrogen-bond donors (Lipinski definition) is 1. The summed E-state index contributed by atoms with van der Waals surface area (Å²) in [6.07, 6.45) is 1.73. The lowest BCUT2D eigenvalue weighted by atomic mass is 10.1. The van der Waals surface area contributed by atoms with E-state index in [1.807, 2.05) is 0 Å². The van der Waals surface area contributed by atoms with Gasteiger partial charge >= 0.3 is 0 Å². The summed E-state index contributed by atoms with van der Waals surface area (Å²) in [6, 6.07) is 13.2. The lowest BCUT2D eigenvalue weighted by Crippen LogP contribution is -2.32. The van der Waals surface area contributed by atoms with Gasteiger partial charge in [-0.1, -0.05) is 23.7 Å². The van der Waals surface area contributed by atoms with Crippen LogP contribution in [-0.2, 0) is 16.6 Å². The van der Waals surface area contributed by atoms with Gasteiger partial charge in [0.05, 0.1) is 4.90 Å². The summed E-state index contributed by atoms with van der Waals surface area (Å²) in [4.78, 5) is 11.9. The molecule has 0 atom stereocenters. The first-order chi connectivity index (χ1) is 11.9. The molecule has 7 heteroatoms. The third kappa shape index (κ3) is 4.03. The topological polar surface area (TPSA) is 66.5 Å². The van der Waals surface area contributed by atoms with Crippen LogP contribution in [-0.4, -0.2) is 31.7 Å². The van der Waals surface area contributed by atoms with E-state index in [1.165, 1.54) is 16.4 Å². The molecule has 0 aliphatic heterocycles. The molecule has 1 aliphatic carbocycles. The van der Waals surface area contributed by atoms with Gasteiger partial charge in [-0.3, -0.25) is 4.79 Å². The van der Waals surface area contributed by atoms with Gasteiger partial charge in [-0.15, -0.1) is 0 Å². The quantitative estimate of drug-likeness (QED) is 0.840. The van der Waals surface area contributed by atoms with Crippen LogP contribution >= 0.6 is 11.6 Å². The molecule has 0 heterocycles. The second kappa shape index (κ2) is 7.15. The molecule has 0 unspecified atom stereocenters. The summed E-state index contributed by atoms with van der Waals surface area (Å²) in [7, 11) is -2.02. The predicted octanol–water partition coefficient (Wildman–Crippen LogP) is 3.05. The fraction of sp³-hybridized carbons (Fsp3) is 0.278. The Morgan fingerprint density at radius 2 is 1.72 bits per heavy atom. The third-order valence-electron chi connectivity index (χ3n) is 4.16. The van der Waals surface area contributed by atoms with Crippen LogP contribution in [0.2, 0.25) is 5.02 Å². The summed E-state index contributed by atoms with van der Waals surface area (Å²) in [5, 5.41) is 3.07. The Balaban J connectivity index is 1.84. The maximum atomic E-state index is 13.0. The first kappa shape index (κ1) is 17.9. The Bertz CT molecular complexity index is 860. The van der Waals surface area contributed by atoms with Crippen molar-refractivity contribution in [2.75, 3.05) is 7.05 Å². The highest BCUT2D eigenvalue weighted by molar-refractivity contribution is 7.89. The molecule has 2 aromatic carbocycles. The second-order valence-electron chi connectivity index (χ2n) is 6.01. The minimum Gasteiger partial charge on any atom is -0.355 e. The van der Waals surface area contributed by atoms with Gasteiger partial charge in [-0.05, 0) is 54.8 Å². The molecule has 0 saturated heterocycles. The van der Waals surface area contributed by atoms with Crippen LogP contribution in [0.5, 0.6) is 0 Å². The van der Waals surface area contributed by atoms with Crippen LogP contribution in [0.4, 0.5) is 0 Å². The second-order valence-corrected chi connectivity index (χ2v) is 8.34. The van der Waals surface area contributed by atoms with Gasteiger partial charge in [-0.2, -0.15) is 4.31 Å². The molecule has 3 rings (SSSR count). The minimum atomic E-state index is -3.59. The zero-order valence-electron chi connectivity index (χ0n) is 13.8. The number of amides is 1. The summed E-state index contributed by atoms with van der Waals surface area (Å²) < 4.78 is 27.5. The number of carbonyl (C=O) groups is 1. The van der Waals surface area contributed by atoms with E-state index in [-0.39, 0.29) is 23.4 Å². The Kier molecular flexibility index (Phi) is 5.13. The average Bonchev–Trinajstić information content (AvgIpc) is 3.44. The molecule has 1 fully saturated rings. The van der Waals surface area contributed by atoms with Crippen molar-refractivity contribution < 1.29 is 13.2 Å². The molecule has 5 nitrogen and oxygen atoms in total. The van der Waals surface area contributed by atoms with Gasteiger partial charge in [0.1, 0.15) is 0 Å². The SMILES string of the molecule is CNC(=O)c1ccc(CN(C2CC2)S(=O)(=O)c2ccc(Cl)cc2)cc1. The zero-order chi connectivity index (χ0) is 18.0. The summed E-state index contributed by atoms with van der Waals surface area (Å²) in [5.74, 6) is -0.167. The smallest absolute Gasteiger partial charge is 0.251 e.